The molecule has 2 rings (SSSR count). The summed E-state index contributed by atoms with van der Waals surface area (Å²) < 4.78 is 8.29. The Morgan fingerprint density at radius 1 is 1.40 bits per heavy atom. The van der Waals surface area contributed by atoms with Crippen molar-refractivity contribution in [3.63, 3.8) is 0 Å². The van der Waals surface area contributed by atoms with Crippen LogP contribution in [-0.2, 0) is 6.54 Å². The van der Waals surface area contributed by atoms with Crippen LogP contribution in [0.25, 0.3) is 11.0 Å². The Morgan fingerprint density at radius 2 is 2.15 bits per heavy atom. The summed E-state index contributed by atoms with van der Waals surface area (Å²) in [6.07, 6.45) is 1.08. The molecule has 0 fully saturated rings. The zero-order chi connectivity index (χ0) is 14.7. The summed E-state index contributed by atoms with van der Waals surface area (Å²) in [6, 6.07) is 6.60. The molecule has 2 aromatic rings. The second kappa shape index (κ2) is 6.41. The van der Waals surface area contributed by atoms with Gasteiger partial charge in [0.05, 0.1) is 12.6 Å². The van der Waals surface area contributed by atoms with Crippen molar-refractivity contribution in [2.45, 2.75) is 32.9 Å². The van der Waals surface area contributed by atoms with Crippen molar-refractivity contribution < 1.29 is 4.74 Å². The Balaban J connectivity index is 2.18. The zero-order valence-electron chi connectivity index (χ0n) is 12.6. The molecule has 0 aliphatic rings. The predicted octanol–water partition coefficient (Wildman–Crippen LogP) is 3.44. The van der Waals surface area contributed by atoms with Gasteiger partial charge in [0.25, 0.3) is 0 Å². The van der Waals surface area contributed by atoms with Crippen molar-refractivity contribution in [2.24, 2.45) is 0 Å². The third kappa shape index (κ3) is 3.04. The van der Waals surface area contributed by atoms with Gasteiger partial charge in [-0.1, -0.05) is 6.07 Å². The van der Waals surface area contributed by atoms with Crippen LogP contribution in [0.4, 0.5) is 0 Å². The number of rotatable bonds is 6. The molecule has 0 saturated heterocycles. The highest BCUT2D eigenvalue weighted by Gasteiger charge is 2.09. The molecule has 0 aliphatic heterocycles. The molecule has 4 nitrogen and oxygen atoms in total. The van der Waals surface area contributed by atoms with E-state index in [2.05, 4.69) is 41.4 Å². The number of methoxy groups -OCH3 is 1. The lowest BCUT2D eigenvalue weighted by Crippen LogP contribution is -2.27. The minimum Gasteiger partial charge on any atom is -0.494 e. The van der Waals surface area contributed by atoms with Crippen molar-refractivity contribution in [1.82, 2.24) is 14.5 Å². The van der Waals surface area contributed by atoms with Gasteiger partial charge in [-0.05, 0) is 58.2 Å². The van der Waals surface area contributed by atoms with Crippen molar-refractivity contribution in [2.75, 3.05) is 20.7 Å². The average molecular weight is 293 g/mol. The van der Waals surface area contributed by atoms with E-state index < -0.39 is 0 Å². The number of aryl methyl sites for hydroxylation is 1. The fraction of sp³-hybridized carbons (Fsp3) is 0.533. The van der Waals surface area contributed by atoms with Crippen molar-refractivity contribution in [3.8, 4) is 5.75 Å². The smallest absolute Gasteiger partial charge is 0.178 e. The molecular formula is C15H23N3OS. The van der Waals surface area contributed by atoms with Crippen molar-refractivity contribution in [3.05, 3.63) is 23.0 Å². The second-order valence-corrected chi connectivity index (χ2v) is 5.75. The summed E-state index contributed by atoms with van der Waals surface area (Å²) in [6.45, 7) is 6.41. The van der Waals surface area contributed by atoms with Gasteiger partial charge in [0.2, 0.25) is 0 Å². The Morgan fingerprint density at radius 3 is 2.80 bits per heavy atom. The first kappa shape index (κ1) is 15.1. The first-order chi connectivity index (χ1) is 9.54. The number of H-pyrrole nitrogens is 1. The SMILES string of the molecule is COc1cccc2c1[nH]c(=S)n2CCCN(C)C(C)C. The van der Waals surface area contributed by atoms with E-state index >= 15 is 0 Å². The number of ether oxygens (including phenoxy) is 1. The van der Waals surface area contributed by atoms with Gasteiger partial charge >= 0.3 is 0 Å². The maximum absolute atomic E-state index is 5.43. The molecule has 5 heteroatoms. The highest BCUT2D eigenvalue weighted by molar-refractivity contribution is 7.71. The van der Waals surface area contributed by atoms with Crippen LogP contribution in [-0.4, -0.2) is 41.2 Å². The maximum Gasteiger partial charge on any atom is 0.178 e. The number of para-hydroxylation sites is 1. The molecule has 1 N–H and O–H groups in total. The largest absolute Gasteiger partial charge is 0.494 e. The molecule has 0 atom stereocenters. The van der Waals surface area contributed by atoms with Crippen molar-refractivity contribution >= 4 is 23.3 Å². The predicted molar refractivity (Wildman–Crippen MR) is 86.1 cm³/mol. The van der Waals surface area contributed by atoms with Crippen LogP contribution >= 0.6 is 12.2 Å². The number of benzene rings is 1. The third-order valence-corrected chi connectivity index (χ3v) is 4.09. The quantitative estimate of drug-likeness (QED) is 0.828. The third-order valence-electron chi connectivity index (χ3n) is 3.77. The normalized spacial score (nSPS) is 11.7. The van der Waals surface area contributed by atoms with Gasteiger partial charge in [-0.15, -0.1) is 0 Å². The molecular weight excluding hydrogens is 270 g/mol. The van der Waals surface area contributed by atoms with E-state index in [9.17, 15) is 0 Å². The highest BCUT2D eigenvalue weighted by atomic mass is 32.1. The van der Waals surface area contributed by atoms with Crippen LogP contribution in [0.15, 0.2) is 18.2 Å². The fourth-order valence-electron chi connectivity index (χ4n) is 2.28. The minimum absolute atomic E-state index is 0.575. The summed E-state index contributed by atoms with van der Waals surface area (Å²) in [4.78, 5) is 5.59. The fourth-order valence-corrected chi connectivity index (χ4v) is 2.57. The number of hydrogen-bond donors (Lipinski definition) is 1. The monoisotopic (exact) mass is 293 g/mol. The van der Waals surface area contributed by atoms with Crippen LogP contribution in [0.2, 0.25) is 0 Å². The first-order valence-electron chi connectivity index (χ1n) is 7.00. The highest BCUT2D eigenvalue weighted by Crippen LogP contribution is 2.24. The zero-order valence-corrected chi connectivity index (χ0v) is 13.5. The molecule has 110 valence electrons. The molecule has 0 aliphatic carbocycles. The van der Waals surface area contributed by atoms with Gasteiger partial charge < -0.3 is 19.2 Å². The van der Waals surface area contributed by atoms with Gasteiger partial charge in [-0.3, -0.25) is 0 Å². The molecule has 0 saturated carbocycles. The number of imidazole rings is 1. The summed E-state index contributed by atoms with van der Waals surface area (Å²) in [5, 5.41) is 0. The molecule has 0 bridgehead atoms. The molecule has 0 amide bonds. The average Bonchev–Trinajstić information content (AvgIpc) is 2.74. The van der Waals surface area contributed by atoms with Crippen LogP contribution in [0, 0.1) is 4.77 Å². The van der Waals surface area contributed by atoms with E-state index in [4.69, 9.17) is 17.0 Å². The Labute approximate surface area is 125 Å². The van der Waals surface area contributed by atoms with Gasteiger partial charge in [-0.25, -0.2) is 0 Å². The summed E-state index contributed by atoms with van der Waals surface area (Å²) in [5.74, 6) is 0.839. The Bertz CT molecular complexity index is 630. The van der Waals surface area contributed by atoms with Crippen LogP contribution in [0.3, 0.4) is 0 Å². The molecule has 0 unspecified atom stereocenters. The molecule has 1 aromatic heterocycles. The number of hydrogen-bond acceptors (Lipinski definition) is 3. The van der Waals surface area contributed by atoms with Crippen LogP contribution in [0.1, 0.15) is 20.3 Å². The lowest BCUT2D eigenvalue weighted by Gasteiger charge is -2.20. The lowest BCUT2D eigenvalue weighted by atomic mass is 10.2. The molecule has 20 heavy (non-hydrogen) atoms. The molecule has 1 heterocycles. The summed E-state index contributed by atoms with van der Waals surface area (Å²) in [7, 11) is 3.84. The summed E-state index contributed by atoms with van der Waals surface area (Å²) in [5.41, 5.74) is 2.10. The number of aromatic nitrogens is 2. The molecule has 1 aromatic carbocycles. The van der Waals surface area contributed by atoms with Crippen LogP contribution < -0.4 is 4.74 Å². The summed E-state index contributed by atoms with van der Waals surface area (Å²) >= 11 is 5.43. The van der Waals surface area contributed by atoms with E-state index in [1.54, 1.807) is 7.11 Å². The molecule has 0 spiro atoms. The Hall–Kier alpha value is -1.33. The van der Waals surface area contributed by atoms with Gasteiger partial charge in [0.1, 0.15) is 11.3 Å². The van der Waals surface area contributed by atoms with Crippen molar-refractivity contribution in [1.29, 1.82) is 0 Å². The van der Waals surface area contributed by atoms with E-state index in [0.717, 1.165) is 41.1 Å². The minimum atomic E-state index is 0.575. The van der Waals surface area contributed by atoms with Gasteiger partial charge in [0.15, 0.2) is 4.77 Å². The topological polar surface area (TPSA) is 33.2 Å². The number of nitrogens with zero attached hydrogens (tertiary/aromatic N) is 2. The maximum atomic E-state index is 5.43. The second-order valence-electron chi connectivity index (χ2n) is 5.36. The van der Waals surface area contributed by atoms with E-state index in [0.29, 0.717) is 6.04 Å². The molecule has 0 radical (unpaired) electrons. The van der Waals surface area contributed by atoms with Gasteiger partial charge in [0, 0.05) is 12.6 Å². The van der Waals surface area contributed by atoms with E-state index in [-0.39, 0.29) is 0 Å². The number of fused-ring (bicyclic) bond motifs is 1. The lowest BCUT2D eigenvalue weighted by molar-refractivity contribution is 0.266. The van der Waals surface area contributed by atoms with Crippen LogP contribution in [0.5, 0.6) is 5.75 Å². The van der Waals surface area contributed by atoms with E-state index in [1.807, 2.05) is 12.1 Å². The van der Waals surface area contributed by atoms with Gasteiger partial charge in [-0.2, -0.15) is 0 Å². The number of nitrogens with one attached hydrogen (secondary N) is 1. The number of aromatic amines is 1. The standard InChI is InChI=1S/C15H23N3OS/c1-11(2)17(3)9-6-10-18-12-7-5-8-13(19-4)14(12)16-15(18)20/h5,7-8,11H,6,9-10H2,1-4H3,(H,16,20). The van der Waals surface area contributed by atoms with E-state index in [1.165, 1.54) is 0 Å². The Kier molecular flexibility index (Phi) is 4.83. The first-order valence-corrected chi connectivity index (χ1v) is 7.41.